The molecule has 9 heteroatoms. The van der Waals surface area contributed by atoms with Crippen LogP contribution in [0.5, 0.6) is 5.75 Å². The normalized spacial score (nSPS) is 13.9. The SMILES string of the molecule is CCCC(O)COc1cccc(-c2nc(NCc3cccc(C=CN)n3)c(C=N)c(NC3CC3)n2)c1. The van der Waals surface area contributed by atoms with Gasteiger partial charge in [0.15, 0.2) is 5.82 Å². The number of aliphatic hydroxyl groups is 1. The first-order valence-electron chi connectivity index (χ1n) is 12.3. The lowest BCUT2D eigenvalue weighted by atomic mass is 10.2. The molecule has 1 unspecified atom stereocenters. The summed E-state index contributed by atoms with van der Waals surface area (Å²) in [6.07, 6.45) is 7.71. The molecule has 1 aliphatic rings. The van der Waals surface area contributed by atoms with Crippen LogP contribution in [-0.4, -0.2) is 45.0 Å². The van der Waals surface area contributed by atoms with Gasteiger partial charge in [0, 0.05) is 17.8 Å². The number of ether oxygens (including phenoxy) is 1. The van der Waals surface area contributed by atoms with E-state index in [9.17, 15) is 5.11 Å². The molecular weight excluding hydrogens is 454 g/mol. The fourth-order valence-electron chi connectivity index (χ4n) is 3.70. The first kappa shape index (κ1) is 25.1. The average molecular weight is 488 g/mol. The highest BCUT2D eigenvalue weighted by Gasteiger charge is 2.24. The van der Waals surface area contributed by atoms with Crippen LogP contribution in [-0.2, 0) is 6.54 Å². The van der Waals surface area contributed by atoms with E-state index in [-0.39, 0.29) is 6.61 Å². The van der Waals surface area contributed by atoms with E-state index in [1.807, 2.05) is 49.4 Å². The number of anilines is 2. The van der Waals surface area contributed by atoms with Crippen LogP contribution in [0.15, 0.2) is 48.7 Å². The van der Waals surface area contributed by atoms with Gasteiger partial charge in [-0.15, -0.1) is 0 Å². The van der Waals surface area contributed by atoms with Crippen molar-refractivity contribution in [3.05, 3.63) is 65.6 Å². The van der Waals surface area contributed by atoms with E-state index in [0.717, 1.165) is 36.2 Å². The van der Waals surface area contributed by atoms with Crippen molar-refractivity contribution in [2.45, 2.75) is 51.3 Å². The van der Waals surface area contributed by atoms with Gasteiger partial charge in [-0.25, -0.2) is 9.97 Å². The second kappa shape index (κ2) is 12.1. The maximum absolute atomic E-state index is 10.0. The molecule has 0 aliphatic heterocycles. The highest BCUT2D eigenvalue weighted by molar-refractivity contribution is 5.91. The lowest BCUT2D eigenvalue weighted by molar-refractivity contribution is 0.0994. The van der Waals surface area contributed by atoms with Crippen LogP contribution < -0.4 is 21.1 Å². The van der Waals surface area contributed by atoms with E-state index in [1.54, 1.807) is 6.08 Å². The molecule has 9 nitrogen and oxygen atoms in total. The maximum atomic E-state index is 10.0. The van der Waals surface area contributed by atoms with Crippen molar-refractivity contribution in [1.82, 2.24) is 15.0 Å². The zero-order chi connectivity index (χ0) is 25.3. The Labute approximate surface area is 211 Å². The minimum atomic E-state index is -0.501. The molecule has 6 N–H and O–H groups in total. The molecule has 3 aromatic rings. The lowest BCUT2D eigenvalue weighted by Crippen LogP contribution is -2.17. The number of aromatic nitrogens is 3. The molecule has 1 aromatic carbocycles. The number of rotatable bonds is 13. The van der Waals surface area contributed by atoms with E-state index in [4.69, 9.17) is 25.8 Å². The van der Waals surface area contributed by atoms with Crippen molar-refractivity contribution in [3.8, 4) is 17.1 Å². The summed E-state index contributed by atoms with van der Waals surface area (Å²) >= 11 is 0. The molecular formula is C27H33N7O2. The molecule has 1 aliphatic carbocycles. The van der Waals surface area contributed by atoms with Gasteiger partial charge in [0.25, 0.3) is 0 Å². The van der Waals surface area contributed by atoms with Crippen LogP contribution in [0.2, 0.25) is 0 Å². The Balaban J connectivity index is 1.61. The second-order valence-electron chi connectivity index (χ2n) is 8.77. The van der Waals surface area contributed by atoms with Crippen molar-refractivity contribution in [3.63, 3.8) is 0 Å². The third kappa shape index (κ3) is 6.79. The maximum Gasteiger partial charge on any atom is 0.164 e. The molecule has 1 atom stereocenters. The summed E-state index contributed by atoms with van der Waals surface area (Å²) in [6, 6.07) is 13.6. The molecule has 36 heavy (non-hydrogen) atoms. The third-order valence-corrected chi connectivity index (χ3v) is 5.70. The number of nitrogens with one attached hydrogen (secondary N) is 3. The monoisotopic (exact) mass is 487 g/mol. The number of nitrogens with zero attached hydrogens (tertiary/aromatic N) is 3. The van der Waals surface area contributed by atoms with Gasteiger partial charge in [-0.3, -0.25) is 4.98 Å². The van der Waals surface area contributed by atoms with Crippen molar-refractivity contribution >= 4 is 23.9 Å². The number of nitrogens with two attached hydrogens (primary N) is 1. The average Bonchev–Trinajstić information content (AvgIpc) is 3.71. The van der Waals surface area contributed by atoms with Gasteiger partial charge in [-0.1, -0.05) is 31.5 Å². The van der Waals surface area contributed by atoms with E-state index in [2.05, 4.69) is 15.6 Å². The predicted octanol–water partition coefficient (Wildman–Crippen LogP) is 4.19. The van der Waals surface area contributed by atoms with Gasteiger partial charge in [-0.2, -0.15) is 0 Å². The number of aliphatic hydroxyl groups excluding tert-OH is 1. The summed E-state index contributed by atoms with van der Waals surface area (Å²) in [5, 5.41) is 24.8. The Hall–Kier alpha value is -3.98. The summed E-state index contributed by atoms with van der Waals surface area (Å²) in [6.45, 7) is 2.68. The van der Waals surface area contributed by atoms with Gasteiger partial charge < -0.3 is 31.6 Å². The smallest absolute Gasteiger partial charge is 0.164 e. The summed E-state index contributed by atoms with van der Waals surface area (Å²) in [5.74, 6) is 2.32. The van der Waals surface area contributed by atoms with Crippen molar-refractivity contribution in [2.75, 3.05) is 17.2 Å². The Morgan fingerprint density at radius 1 is 1.17 bits per heavy atom. The van der Waals surface area contributed by atoms with Crippen molar-refractivity contribution in [1.29, 1.82) is 5.41 Å². The zero-order valence-corrected chi connectivity index (χ0v) is 20.4. The molecule has 0 amide bonds. The molecule has 2 aromatic heterocycles. The highest BCUT2D eigenvalue weighted by Crippen LogP contribution is 2.31. The quantitative estimate of drug-likeness (QED) is 0.226. The summed E-state index contributed by atoms with van der Waals surface area (Å²) in [7, 11) is 0. The minimum Gasteiger partial charge on any atom is -0.491 e. The van der Waals surface area contributed by atoms with E-state index >= 15 is 0 Å². The Bertz CT molecular complexity index is 1210. The molecule has 4 rings (SSSR count). The fourth-order valence-corrected chi connectivity index (χ4v) is 3.70. The minimum absolute atomic E-state index is 0.234. The summed E-state index contributed by atoms with van der Waals surface area (Å²) in [4.78, 5) is 14.1. The summed E-state index contributed by atoms with van der Waals surface area (Å²) in [5.41, 5.74) is 8.46. The first-order chi connectivity index (χ1) is 17.6. The Morgan fingerprint density at radius 3 is 2.72 bits per heavy atom. The van der Waals surface area contributed by atoms with E-state index in [1.165, 1.54) is 12.4 Å². The van der Waals surface area contributed by atoms with Crippen LogP contribution in [0.1, 0.15) is 49.6 Å². The van der Waals surface area contributed by atoms with Crippen molar-refractivity contribution in [2.24, 2.45) is 5.73 Å². The standard InChI is InChI=1S/C27H33N7O2/c1-2-5-22(35)17-36-23-9-3-6-18(14-23)25-33-26(24(15-29)27(34-25)32-20-10-11-20)30-16-21-8-4-7-19(31-21)12-13-28/h3-4,6-9,12-15,20,22,29,35H,2,5,10-11,16-17,28H2,1H3,(H2,30,32,33,34). The van der Waals surface area contributed by atoms with Crippen LogP contribution in [0, 0.1) is 5.41 Å². The van der Waals surface area contributed by atoms with Gasteiger partial charge >= 0.3 is 0 Å². The Kier molecular flexibility index (Phi) is 8.46. The van der Waals surface area contributed by atoms with E-state index in [0.29, 0.717) is 47.8 Å². The molecule has 2 heterocycles. The predicted molar refractivity (Wildman–Crippen MR) is 143 cm³/mol. The van der Waals surface area contributed by atoms with Crippen LogP contribution >= 0.6 is 0 Å². The number of benzene rings is 1. The molecule has 1 fully saturated rings. The van der Waals surface area contributed by atoms with Gasteiger partial charge in [0.1, 0.15) is 24.0 Å². The molecule has 0 radical (unpaired) electrons. The first-order valence-corrected chi connectivity index (χ1v) is 12.3. The Morgan fingerprint density at radius 2 is 1.97 bits per heavy atom. The van der Waals surface area contributed by atoms with Crippen LogP contribution in [0.25, 0.3) is 17.5 Å². The van der Waals surface area contributed by atoms with Gasteiger partial charge in [0.05, 0.1) is 29.6 Å². The number of hydrogen-bond acceptors (Lipinski definition) is 9. The molecule has 0 spiro atoms. The van der Waals surface area contributed by atoms with Crippen LogP contribution in [0.3, 0.4) is 0 Å². The van der Waals surface area contributed by atoms with Gasteiger partial charge in [-0.05, 0) is 55.8 Å². The fraction of sp³-hybridized carbons (Fsp3) is 0.333. The second-order valence-corrected chi connectivity index (χ2v) is 8.77. The van der Waals surface area contributed by atoms with Crippen LogP contribution in [0.4, 0.5) is 11.6 Å². The van der Waals surface area contributed by atoms with E-state index < -0.39 is 6.10 Å². The van der Waals surface area contributed by atoms with Gasteiger partial charge in [0.2, 0.25) is 0 Å². The number of pyridine rings is 1. The third-order valence-electron chi connectivity index (χ3n) is 5.70. The lowest BCUT2D eigenvalue weighted by Gasteiger charge is -2.16. The summed E-state index contributed by atoms with van der Waals surface area (Å²) < 4.78 is 5.80. The molecule has 1 saturated carbocycles. The largest absolute Gasteiger partial charge is 0.491 e. The molecule has 0 saturated heterocycles. The molecule has 0 bridgehead atoms. The zero-order valence-electron chi connectivity index (χ0n) is 20.4. The topological polar surface area (TPSA) is 142 Å². The molecule has 188 valence electrons. The highest BCUT2D eigenvalue weighted by atomic mass is 16.5. The number of hydrogen-bond donors (Lipinski definition) is 5. The van der Waals surface area contributed by atoms with Crippen molar-refractivity contribution < 1.29 is 9.84 Å².